The summed E-state index contributed by atoms with van der Waals surface area (Å²) in [5.41, 5.74) is 2.32. The van der Waals surface area contributed by atoms with Crippen LogP contribution in [0.15, 0.2) is 51.8 Å². The summed E-state index contributed by atoms with van der Waals surface area (Å²) in [6.07, 6.45) is 0.584. The predicted octanol–water partition coefficient (Wildman–Crippen LogP) is 3.46. The van der Waals surface area contributed by atoms with Gasteiger partial charge in [-0.15, -0.1) is 0 Å². The van der Waals surface area contributed by atoms with Crippen molar-refractivity contribution < 1.29 is 13.2 Å². The third-order valence-electron chi connectivity index (χ3n) is 3.29. The number of nitrogens with zero attached hydrogens (tertiary/aromatic N) is 1. The first kappa shape index (κ1) is 16.7. The lowest BCUT2D eigenvalue weighted by molar-refractivity contribution is -0.106. The monoisotopic (exact) mass is 381 g/mol. The van der Waals surface area contributed by atoms with Crippen LogP contribution in [0.2, 0.25) is 0 Å². The van der Waals surface area contributed by atoms with Crippen molar-refractivity contribution in [1.29, 1.82) is 0 Å². The van der Waals surface area contributed by atoms with E-state index in [0.29, 0.717) is 16.4 Å². The van der Waals surface area contributed by atoms with Gasteiger partial charge in [-0.05, 0) is 53.5 Å². The normalized spacial score (nSPS) is 11.2. The van der Waals surface area contributed by atoms with E-state index >= 15 is 0 Å². The van der Waals surface area contributed by atoms with E-state index in [2.05, 4.69) is 15.9 Å². The van der Waals surface area contributed by atoms with E-state index in [1.807, 2.05) is 19.9 Å². The minimum Gasteiger partial charge on any atom is -0.301 e. The Labute approximate surface area is 138 Å². The molecule has 0 aliphatic rings. The lowest BCUT2D eigenvalue weighted by Gasteiger charge is -2.24. The van der Waals surface area contributed by atoms with Crippen LogP contribution in [0.25, 0.3) is 0 Å². The van der Waals surface area contributed by atoms with E-state index in [-0.39, 0.29) is 11.4 Å². The summed E-state index contributed by atoms with van der Waals surface area (Å²) in [7, 11) is -3.80. The van der Waals surface area contributed by atoms with Crippen molar-refractivity contribution in [3.05, 3.63) is 58.1 Å². The number of aldehydes is 1. The van der Waals surface area contributed by atoms with Gasteiger partial charge in [-0.25, -0.2) is 8.42 Å². The molecular weight excluding hydrogens is 366 g/mol. The van der Waals surface area contributed by atoms with Crippen LogP contribution in [0.4, 0.5) is 5.69 Å². The van der Waals surface area contributed by atoms with Crippen LogP contribution in [-0.4, -0.2) is 21.2 Å². The number of carbonyl (C=O) groups excluding carboxylic acids is 1. The van der Waals surface area contributed by atoms with Gasteiger partial charge in [0, 0.05) is 4.47 Å². The van der Waals surface area contributed by atoms with Crippen molar-refractivity contribution in [3.63, 3.8) is 0 Å². The van der Waals surface area contributed by atoms with Gasteiger partial charge < -0.3 is 4.79 Å². The maximum atomic E-state index is 12.8. The van der Waals surface area contributed by atoms with E-state index in [9.17, 15) is 13.2 Å². The van der Waals surface area contributed by atoms with Gasteiger partial charge >= 0.3 is 0 Å². The quantitative estimate of drug-likeness (QED) is 0.745. The van der Waals surface area contributed by atoms with E-state index < -0.39 is 10.0 Å². The van der Waals surface area contributed by atoms with Gasteiger partial charge in [-0.2, -0.15) is 0 Å². The Morgan fingerprint density at radius 3 is 2.32 bits per heavy atom. The number of benzene rings is 2. The zero-order chi connectivity index (χ0) is 16.3. The lowest BCUT2D eigenvalue weighted by atomic mass is 10.2. The van der Waals surface area contributed by atoms with Gasteiger partial charge in [-0.1, -0.05) is 29.8 Å². The molecule has 0 bridgehead atoms. The Balaban J connectivity index is 2.58. The fourth-order valence-electron chi connectivity index (χ4n) is 2.06. The lowest BCUT2D eigenvalue weighted by Crippen LogP contribution is -2.33. The zero-order valence-corrected chi connectivity index (χ0v) is 14.7. The minimum absolute atomic E-state index is 0.161. The van der Waals surface area contributed by atoms with Crippen LogP contribution >= 0.6 is 15.9 Å². The summed E-state index contributed by atoms with van der Waals surface area (Å²) in [5, 5.41) is 0. The zero-order valence-electron chi connectivity index (χ0n) is 12.3. The third kappa shape index (κ3) is 3.23. The molecule has 0 atom stereocenters. The van der Waals surface area contributed by atoms with Gasteiger partial charge in [0.2, 0.25) is 0 Å². The second-order valence-corrected chi connectivity index (χ2v) is 7.58. The first-order chi connectivity index (χ1) is 10.4. The Morgan fingerprint density at radius 2 is 1.73 bits per heavy atom. The van der Waals surface area contributed by atoms with Gasteiger partial charge in [-0.3, -0.25) is 4.31 Å². The molecule has 0 unspecified atom stereocenters. The molecule has 0 amide bonds. The van der Waals surface area contributed by atoms with Crippen molar-refractivity contribution in [1.82, 2.24) is 0 Å². The van der Waals surface area contributed by atoms with Crippen LogP contribution < -0.4 is 4.31 Å². The summed E-state index contributed by atoms with van der Waals surface area (Å²) < 4.78 is 27.5. The molecule has 0 radical (unpaired) electrons. The average molecular weight is 382 g/mol. The number of halogens is 1. The summed E-state index contributed by atoms with van der Waals surface area (Å²) >= 11 is 3.41. The van der Waals surface area contributed by atoms with Crippen molar-refractivity contribution in [2.75, 3.05) is 10.8 Å². The summed E-state index contributed by atoms with van der Waals surface area (Å²) in [5.74, 6) is 0. The number of carbonyl (C=O) groups is 1. The topological polar surface area (TPSA) is 54.5 Å². The number of anilines is 1. The molecule has 0 saturated carbocycles. The fraction of sp³-hybridized carbons (Fsp3) is 0.188. The minimum atomic E-state index is -3.80. The number of rotatable bonds is 5. The molecule has 0 heterocycles. The van der Waals surface area contributed by atoms with E-state index in [0.717, 1.165) is 15.4 Å². The molecule has 0 fully saturated rings. The first-order valence-corrected chi connectivity index (χ1v) is 8.89. The Kier molecular flexibility index (Phi) is 5.03. The maximum Gasteiger partial charge on any atom is 0.264 e. The molecule has 0 N–H and O–H groups in total. The fourth-order valence-corrected chi connectivity index (χ4v) is 4.05. The van der Waals surface area contributed by atoms with E-state index in [4.69, 9.17) is 0 Å². The maximum absolute atomic E-state index is 12.8. The highest BCUT2D eigenvalue weighted by Gasteiger charge is 2.26. The van der Waals surface area contributed by atoms with Crippen molar-refractivity contribution >= 4 is 37.9 Å². The molecule has 6 heteroatoms. The molecular formula is C16H16BrNO3S. The number of hydrogen-bond donors (Lipinski definition) is 0. The van der Waals surface area contributed by atoms with Crippen molar-refractivity contribution in [3.8, 4) is 0 Å². The highest BCUT2D eigenvalue weighted by molar-refractivity contribution is 9.10. The summed E-state index contributed by atoms with van der Waals surface area (Å²) in [4.78, 5) is 11.2. The Bertz CT molecular complexity index is 786. The van der Waals surface area contributed by atoms with Crippen LogP contribution in [0.5, 0.6) is 0 Å². The van der Waals surface area contributed by atoms with Crippen LogP contribution in [0.1, 0.15) is 11.1 Å². The second-order valence-electron chi connectivity index (χ2n) is 4.92. The van der Waals surface area contributed by atoms with Crippen molar-refractivity contribution in [2.45, 2.75) is 18.7 Å². The molecule has 0 aromatic heterocycles. The SMILES string of the molecule is Cc1ccc(S(=O)(=O)N(CC=O)c2cccc(C)c2Br)cc1. The van der Waals surface area contributed by atoms with Gasteiger partial charge in [0.25, 0.3) is 10.0 Å². The number of aryl methyl sites for hydroxylation is 2. The van der Waals surface area contributed by atoms with Crippen molar-refractivity contribution in [2.24, 2.45) is 0 Å². The molecule has 116 valence electrons. The second kappa shape index (κ2) is 6.62. The highest BCUT2D eigenvalue weighted by Crippen LogP contribution is 2.32. The average Bonchev–Trinajstić information content (AvgIpc) is 2.48. The predicted molar refractivity (Wildman–Crippen MR) is 90.7 cm³/mol. The van der Waals surface area contributed by atoms with Gasteiger partial charge in [0.1, 0.15) is 6.29 Å². The smallest absolute Gasteiger partial charge is 0.264 e. The molecule has 0 aliphatic carbocycles. The van der Waals surface area contributed by atoms with Crippen LogP contribution in [0.3, 0.4) is 0 Å². The van der Waals surface area contributed by atoms with Gasteiger partial charge in [0.15, 0.2) is 0 Å². The van der Waals surface area contributed by atoms with Crippen LogP contribution in [-0.2, 0) is 14.8 Å². The molecule has 2 rings (SSSR count). The molecule has 0 saturated heterocycles. The molecule has 2 aromatic carbocycles. The molecule has 0 aliphatic heterocycles. The molecule has 4 nitrogen and oxygen atoms in total. The Hall–Kier alpha value is -1.66. The number of sulfonamides is 1. The molecule has 2 aromatic rings. The summed E-state index contributed by atoms with van der Waals surface area (Å²) in [6, 6.07) is 11.9. The number of hydrogen-bond acceptors (Lipinski definition) is 3. The first-order valence-electron chi connectivity index (χ1n) is 6.66. The Morgan fingerprint density at radius 1 is 1.09 bits per heavy atom. The molecule has 0 spiro atoms. The summed E-state index contributed by atoms with van der Waals surface area (Å²) in [6.45, 7) is 3.51. The largest absolute Gasteiger partial charge is 0.301 e. The third-order valence-corrected chi connectivity index (χ3v) is 6.12. The standard InChI is InChI=1S/C16H16BrNO3S/c1-12-6-8-14(9-7-12)22(20,21)18(10-11-19)15-5-3-4-13(2)16(15)17/h3-9,11H,10H2,1-2H3. The van der Waals surface area contributed by atoms with Gasteiger partial charge in [0.05, 0.1) is 17.1 Å². The highest BCUT2D eigenvalue weighted by atomic mass is 79.9. The van der Waals surface area contributed by atoms with Crippen LogP contribution in [0, 0.1) is 13.8 Å². The molecule has 22 heavy (non-hydrogen) atoms. The van der Waals surface area contributed by atoms with E-state index in [1.54, 1.807) is 36.4 Å². The van der Waals surface area contributed by atoms with E-state index in [1.165, 1.54) is 0 Å².